The van der Waals surface area contributed by atoms with E-state index >= 15 is 0 Å². The summed E-state index contributed by atoms with van der Waals surface area (Å²) in [6, 6.07) is -0.210. The summed E-state index contributed by atoms with van der Waals surface area (Å²) in [6.07, 6.45) is 2.29. The summed E-state index contributed by atoms with van der Waals surface area (Å²) in [6.45, 7) is 3.61. The van der Waals surface area contributed by atoms with Crippen LogP contribution in [0.1, 0.15) is 33.1 Å². The highest BCUT2D eigenvalue weighted by Crippen LogP contribution is 2.29. The van der Waals surface area contributed by atoms with Crippen molar-refractivity contribution in [1.82, 2.24) is 10.8 Å². The Bertz CT molecular complexity index is 357. The molecule has 1 aliphatic carbocycles. The van der Waals surface area contributed by atoms with Gasteiger partial charge in [0.05, 0.1) is 24.8 Å². The van der Waals surface area contributed by atoms with Crippen LogP contribution >= 0.6 is 0 Å². The monoisotopic (exact) mass is 302 g/mol. The zero-order valence-corrected chi connectivity index (χ0v) is 12.2. The van der Waals surface area contributed by atoms with Crippen molar-refractivity contribution in [2.75, 3.05) is 6.54 Å². The van der Waals surface area contributed by atoms with E-state index in [1.165, 1.54) is 6.92 Å². The van der Waals surface area contributed by atoms with Gasteiger partial charge < -0.3 is 15.2 Å². The van der Waals surface area contributed by atoms with E-state index in [2.05, 4.69) is 10.8 Å². The molecule has 8 heteroatoms. The molecule has 21 heavy (non-hydrogen) atoms. The summed E-state index contributed by atoms with van der Waals surface area (Å²) in [4.78, 5) is 42.8. The van der Waals surface area contributed by atoms with E-state index in [1.54, 1.807) is 0 Å². The van der Waals surface area contributed by atoms with Gasteiger partial charge in [0.15, 0.2) is 0 Å². The summed E-state index contributed by atoms with van der Waals surface area (Å²) in [5, 5.41) is 12.9. The minimum absolute atomic E-state index is 0.129. The topological polar surface area (TPSA) is 122 Å². The molecule has 0 aliphatic heterocycles. The maximum Gasteiger partial charge on any atom is 0.373 e. The Morgan fingerprint density at radius 2 is 2.05 bits per heavy atom. The molecule has 0 spiro atoms. The zero-order chi connectivity index (χ0) is 16.3. The van der Waals surface area contributed by atoms with Crippen LogP contribution in [0.3, 0.4) is 0 Å². The van der Waals surface area contributed by atoms with Crippen LogP contribution < -0.4 is 10.8 Å². The third-order valence-corrected chi connectivity index (χ3v) is 3.30. The molecule has 1 aliphatic rings. The lowest BCUT2D eigenvalue weighted by Crippen LogP contribution is -2.53. The van der Waals surface area contributed by atoms with Crippen molar-refractivity contribution < 1.29 is 29.1 Å². The van der Waals surface area contributed by atoms with Crippen LogP contribution in [0.5, 0.6) is 0 Å². The first kappa shape index (κ1) is 19.4. The molecule has 8 nitrogen and oxygen atoms in total. The molecule has 1 amide bonds. The van der Waals surface area contributed by atoms with Crippen molar-refractivity contribution in [1.29, 1.82) is 0 Å². The standard InChI is InChI=1S/C12H22N2O4.CO2/c1-3-9-6-10(18-13-4-5-15)7-11(17)12(9)14-8(2)16;2-1-3/h5,9-13,17H,3-4,6-7H2,1-2H3,(H,14,16);. The van der Waals surface area contributed by atoms with Crippen LogP contribution in [0.4, 0.5) is 0 Å². The number of hydrogen-bond donors (Lipinski definition) is 3. The fourth-order valence-electron chi connectivity index (χ4n) is 2.48. The Labute approximate surface area is 123 Å². The van der Waals surface area contributed by atoms with Gasteiger partial charge in [-0.1, -0.05) is 13.3 Å². The van der Waals surface area contributed by atoms with Crippen molar-refractivity contribution in [3.63, 3.8) is 0 Å². The van der Waals surface area contributed by atoms with Gasteiger partial charge in [0.1, 0.15) is 6.29 Å². The molecule has 0 saturated heterocycles. The third-order valence-electron chi connectivity index (χ3n) is 3.30. The van der Waals surface area contributed by atoms with Crippen LogP contribution in [0, 0.1) is 5.92 Å². The molecular weight excluding hydrogens is 280 g/mol. The van der Waals surface area contributed by atoms with Crippen molar-refractivity contribution in [3.8, 4) is 0 Å². The quantitative estimate of drug-likeness (QED) is 0.333. The molecule has 1 fully saturated rings. The molecule has 0 heterocycles. The predicted octanol–water partition coefficient (Wildman–Crippen LogP) is -0.823. The summed E-state index contributed by atoms with van der Waals surface area (Å²) in [7, 11) is 0. The highest BCUT2D eigenvalue weighted by molar-refractivity contribution is 5.73. The molecular formula is C13H22N2O6. The first-order valence-corrected chi connectivity index (χ1v) is 6.76. The van der Waals surface area contributed by atoms with Gasteiger partial charge >= 0.3 is 6.15 Å². The lowest BCUT2D eigenvalue weighted by atomic mass is 9.79. The number of amides is 1. The number of nitrogens with one attached hydrogen (secondary N) is 2. The molecule has 0 aromatic rings. The number of aliphatic hydroxyl groups excluding tert-OH is 1. The fraction of sp³-hybridized carbons (Fsp3) is 0.769. The Morgan fingerprint density at radius 1 is 1.43 bits per heavy atom. The average Bonchev–Trinajstić information content (AvgIpc) is 2.42. The van der Waals surface area contributed by atoms with Crippen LogP contribution in [0.15, 0.2) is 0 Å². The largest absolute Gasteiger partial charge is 0.391 e. The zero-order valence-electron chi connectivity index (χ0n) is 12.2. The van der Waals surface area contributed by atoms with Crippen molar-refractivity contribution >= 4 is 18.3 Å². The number of aliphatic hydroxyl groups is 1. The van der Waals surface area contributed by atoms with Gasteiger partial charge in [0, 0.05) is 13.3 Å². The highest BCUT2D eigenvalue weighted by Gasteiger charge is 2.37. The molecule has 1 rings (SSSR count). The summed E-state index contributed by atoms with van der Waals surface area (Å²) >= 11 is 0. The lowest BCUT2D eigenvalue weighted by molar-refractivity contribution is -0.191. The van der Waals surface area contributed by atoms with Gasteiger partial charge in [-0.25, -0.2) is 0 Å². The molecule has 1 saturated carbocycles. The maximum absolute atomic E-state index is 11.1. The summed E-state index contributed by atoms with van der Waals surface area (Å²) in [5.41, 5.74) is 2.56. The highest BCUT2D eigenvalue weighted by atomic mass is 16.7. The number of hydroxylamine groups is 1. The smallest absolute Gasteiger partial charge is 0.373 e. The normalized spacial score (nSPS) is 27.8. The molecule has 120 valence electrons. The van der Waals surface area contributed by atoms with Gasteiger partial charge in [0.2, 0.25) is 5.91 Å². The van der Waals surface area contributed by atoms with E-state index in [0.29, 0.717) is 6.42 Å². The number of rotatable bonds is 6. The maximum atomic E-state index is 11.1. The lowest BCUT2D eigenvalue weighted by Gasteiger charge is -2.39. The van der Waals surface area contributed by atoms with Crippen LogP contribution in [-0.2, 0) is 24.0 Å². The summed E-state index contributed by atoms with van der Waals surface area (Å²) in [5.74, 6) is 0.0524. The molecule has 4 unspecified atom stereocenters. The van der Waals surface area contributed by atoms with Crippen molar-refractivity contribution in [3.05, 3.63) is 0 Å². The summed E-state index contributed by atoms with van der Waals surface area (Å²) < 4.78 is 0. The molecule has 0 aromatic heterocycles. The first-order chi connectivity index (χ1) is 9.99. The van der Waals surface area contributed by atoms with Crippen molar-refractivity contribution in [2.45, 2.75) is 51.4 Å². The Balaban J connectivity index is 0.00000122. The first-order valence-electron chi connectivity index (χ1n) is 6.76. The molecule has 3 N–H and O–H groups in total. The SMILES string of the molecule is CCC1CC(ONCC=O)CC(O)C1NC(C)=O.O=C=O. The van der Waals surface area contributed by atoms with Crippen molar-refractivity contribution in [2.24, 2.45) is 5.92 Å². The second kappa shape index (κ2) is 11.1. The van der Waals surface area contributed by atoms with Crippen LogP contribution in [-0.4, -0.2) is 48.2 Å². The Morgan fingerprint density at radius 3 is 2.52 bits per heavy atom. The van der Waals surface area contributed by atoms with Gasteiger partial charge in [-0.05, 0) is 12.3 Å². The predicted molar refractivity (Wildman–Crippen MR) is 70.6 cm³/mol. The molecule has 0 aromatic carbocycles. The van der Waals surface area contributed by atoms with Crippen LogP contribution in [0.25, 0.3) is 0 Å². The van der Waals surface area contributed by atoms with E-state index in [9.17, 15) is 14.7 Å². The number of hydrogen-bond acceptors (Lipinski definition) is 7. The van der Waals surface area contributed by atoms with Gasteiger partial charge in [-0.2, -0.15) is 15.1 Å². The van der Waals surface area contributed by atoms with Gasteiger partial charge in [0.25, 0.3) is 0 Å². The number of aldehydes is 1. The second-order valence-corrected chi connectivity index (χ2v) is 4.77. The van der Waals surface area contributed by atoms with Gasteiger partial charge in [-0.15, -0.1) is 0 Å². The molecule has 0 bridgehead atoms. The molecule has 4 atom stereocenters. The number of carbonyl (C=O) groups excluding carboxylic acids is 4. The van der Waals surface area contributed by atoms with Gasteiger partial charge in [-0.3, -0.25) is 9.63 Å². The van der Waals surface area contributed by atoms with E-state index < -0.39 is 6.10 Å². The second-order valence-electron chi connectivity index (χ2n) is 4.77. The Kier molecular flexibility index (Phi) is 10.3. The van der Waals surface area contributed by atoms with E-state index in [1.807, 2.05) is 6.92 Å². The van der Waals surface area contributed by atoms with E-state index in [-0.39, 0.29) is 36.7 Å². The number of carbonyl (C=O) groups is 2. The van der Waals surface area contributed by atoms with Crippen LogP contribution in [0.2, 0.25) is 0 Å². The molecule has 0 radical (unpaired) electrons. The minimum atomic E-state index is -0.615. The fourth-order valence-corrected chi connectivity index (χ4v) is 2.48. The third kappa shape index (κ3) is 7.67. The average molecular weight is 302 g/mol. The Hall–Kier alpha value is -1.60. The minimum Gasteiger partial charge on any atom is -0.391 e. The van der Waals surface area contributed by atoms with E-state index in [0.717, 1.165) is 19.1 Å². The van der Waals surface area contributed by atoms with E-state index in [4.69, 9.17) is 14.4 Å².